The number of nitrogens with one attached hydrogen (secondary N) is 1. The Balaban J connectivity index is 1.63. The van der Waals surface area contributed by atoms with Gasteiger partial charge in [-0.3, -0.25) is 4.79 Å². The van der Waals surface area contributed by atoms with Crippen molar-refractivity contribution in [2.45, 2.75) is 31.8 Å². The minimum Gasteiger partial charge on any atom is -0.493 e. The summed E-state index contributed by atoms with van der Waals surface area (Å²) < 4.78 is 28.6. The monoisotopic (exact) mass is 338 g/mol. The summed E-state index contributed by atoms with van der Waals surface area (Å²) in [6.07, 6.45) is 1.40. The zero-order chi connectivity index (χ0) is 16.6. The molecule has 0 aliphatic carbocycles. The molecule has 1 aromatic rings. The van der Waals surface area contributed by atoms with E-state index in [9.17, 15) is 13.2 Å². The van der Waals surface area contributed by atoms with Crippen molar-refractivity contribution < 1.29 is 17.9 Å². The molecule has 1 aromatic carbocycles. The average Bonchev–Trinajstić information content (AvgIpc) is 3.11. The molecule has 1 N–H and O–H groups in total. The minimum absolute atomic E-state index is 0.0676. The average molecular weight is 338 g/mol. The summed E-state index contributed by atoms with van der Waals surface area (Å²) in [5.74, 6) is 1.05. The van der Waals surface area contributed by atoms with E-state index in [1.807, 2.05) is 18.2 Å². The van der Waals surface area contributed by atoms with E-state index in [2.05, 4.69) is 5.32 Å². The Hall–Kier alpha value is -1.76. The van der Waals surface area contributed by atoms with Gasteiger partial charge < -0.3 is 15.0 Å². The second kappa shape index (κ2) is 6.03. The first kappa shape index (κ1) is 16.1. The SMILES string of the molecule is CC(Nc1ccc2c(c1)CCO2)C(=O)N(C)C1CCS(=O)(=O)C1. The first-order valence-electron chi connectivity index (χ1n) is 7.85. The molecule has 0 aromatic heterocycles. The Bertz CT molecular complexity index is 717. The van der Waals surface area contributed by atoms with Gasteiger partial charge >= 0.3 is 0 Å². The van der Waals surface area contributed by atoms with Crippen LogP contribution in [-0.2, 0) is 21.1 Å². The Morgan fingerprint density at radius 2 is 2.22 bits per heavy atom. The zero-order valence-electron chi connectivity index (χ0n) is 13.4. The van der Waals surface area contributed by atoms with Crippen molar-refractivity contribution in [2.75, 3.05) is 30.5 Å². The number of rotatable bonds is 4. The number of hydrogen-bond acceptors (Lipinski definition) is 5. The van der Waals surface area contributed by atoms with Crippen molar-refractivity contribution in [1.82, 2.24) is 4.90 Å². The number of anilines is 1. The first-order valence-corrected chi connectivity index (χ1v) is 9.67. The predicted molar refractivity (Wildman–Crippen MR) is 88.6 cm³/mol. The van der Waals surface area contributed by atoms with Gasteiger partial charge in [0.2, 0.25) is 5.91 Å². The number of hydrogen-bond donors (Lipinski definition) is 1. The van der Waals surface area contributed by atoms with Crippen LogP contribution in [0.4, 0.5) is 5.69 Å². The lowest BCUT2D eigenvalue weighted by molar-refractivity contribution is -0.132. The molecule has 1 amide bonds. The van der Waals surface area contributed by atoms with Crippen LogP contribution in [0, 0.1) is 0 Å². The highest BCUT2D eigenvalue weighted by atomic mass is 32.2. The van der Waals surface area contributed by atoms with E-state index in [-0.39, 0.29) is 23.5 Å². The van der Waals surface area contributed by atoms with Crippen LogP contribution in [0.2, 0.25) is 0 Å². The smallest absolute Gasteiger partial charge is 0.244 e. The fourth-order valence-corrected chi connectivity index (χ4v) is 4.93. The molecular weight excluding hydrogens is 316 g/mol. The number of ether oxygens (including phenoxy) is 1. The van der Waals surface area contributed by atoms with Crippen molar-refractivity contribution in [3.8, 4) is 5.75 Å². The van der Waals surface area contributed by atoms with E-state index < -0.39 is 15.9 Å². The van der Waals surface area contributed by atoms with Crippen molar-refractivity contribution >= 4 is 21.4 Å². The van der Waals surface area contributed by atoms with E-state index in [4.69, 9.17) is 4.74 Å². The van der Waals surface area contributed by atoms with Crippen LogP contribution in [0.15, 0.2) is 18.2 Å². The summed E-state index contributed by atoms with van der Waals surface area (Å²) in [7, 11) is -1.31. The van der Waals surface area contributed by atoms with Gasteiger partial charge in [0.1, 0.15) is 11.8 Å². The molecule has 1 fully saturated rings. The maximum Gasteiger partial charge on any atom is 0.244 e. The quantitative estimate of drug-likeness (QED) is 0.889. The number of likely N-dealkylation sites (N-methyl/N-ethyl adjacent to an activating group) is 1. The summed E-state index contributed by atoms with van der Waals surface area (Å²) >= 11 is 0. The van der Waals surface area contributed by atoms with Crippen LogP contribution < -0.4 is 10.1 Å². The first-order chi connectivity index (χ1) is 10.9. The molecule has 23 heavy (non-hydrogen) atoms. The molecule has 2 unspecified atom stereocenters. The van der Waals surface area contributed by atoms with Crippen molar-refractivity contribution in [1.29, 1.82) is 0 Å². The summed E-state index contributed by atoms with van der Waals surface area (Å²) in [6, 6.07) is 5.18. The molecule has 0 saturated carbocycles. The van der Waals surface area contributed by atoms with E-state index in [0.29, 0.717) is 13.0 Å². The van der Waals surface area contributed by atoms with Crippen LogP contribution in [0.25, 0.3) is 0 Å². The van der Waals surface area contributed by atoms with Crippen LogP contribution in [0.1, 0.15) is 18.9 Å². The molecule has 2 heterocycles. The number of fused-ring (bicyclic) bond motifs is 1. The molecule has 1 saturated heterocycles. The molecular formula is C16H22N2O4S. The maximum atomic E-state index is 12.5. The second-order valence-corrected chi connectivity index (χ2v) is 8.52. The highest BCUT2D eigenvalue weighted by Gasteiger charge is 2.34. The van der Waals surface area contributed by atoms with Gasteiger partial charge in [-0.25, -0.2) is 8.42 Å². The third-order valence-corrected chi connectivity index (χ3v) is 6.30. The number of carbonyl (C=O) groups excluding carboxylic acids is 1. The van der Waals surface area contributed by atoms with Gasteiger partial charge in [0, 0.05) is 25.2 Å². The van der Waals surface area contributed by atoms with Gasteiger partial charge in [0.05, 0.1) is 18.1 Å². The van der Waals surface area contributed by atoms with Gasteiger partial charge in [-0.2, -0.15) is 0 Å². The Morgan fingerprint density at radius 1 is 1.43 bits per heavy atom. The number of amides is 1. The van der Waals surface area contributed by atoms with Gasteiger partial charge in [0.15, 0.2) is 9.84 Å². The number of sulfone groups is 1. The molecule has 2 aliphatic rings. The van der Waals surface area contributed by atoms with Gasteiger partial charge in [-0.05, 0) is 37.1 Å². The highest BCUT2D eigenvalue weighted by Crippen LogP contribution is 2.28. The normalized spacial score (nSPS) is 23.0. The van der Waals surface area contributed by atoms with Gasteiger partial charge in [-0.15, -0.1) is 0 Å². The molecule has 2 aliphatic heterocycles. The van der Waals surface area contributed by atoms with E-state index in [0.717, 1.165) is 23.4 Å². The predicted octanol–water partition coefficient (Wildman–Crippen LogP) is 1.07. The van der Waals surface area contributed by atoms with Crippen LogP contribution in [0.3, 0.4) is 0 Å². The number of benzene rings is 1. The Kier molecular flexibility index (Phi) is 4.23. The van der Waals surface area contributed by atoms with E-state index >= 15 is 0 Å². The van der Waals surface area contributed by atoms with Gasteiger partial charge in [0.25, 0.3) is 0 Å². The lowest BCUT2D eigenvalue weighted by atomic mass is 10.1. The number of carbonyl (C=O) groups is 1. The topological polar surface area (TPSA) is 75.7 Å². The Labute approximate surface area is 136 Å². The third kappa shape index (κ3) is 3.44. The van der Waals surface area contributed by atoms with E-state index in [1.54, 1.807) is 18.9 Å². The zero-order valence-corrected chi connectivity index (χ0v) is 14.2. The van der Waals surface area contributed by atoms with Crippen LogP contribution in [0.5, 0.6) is 5.75 Å². The molecule has 3 rings (SSSR count). The molecule has 0 spiro atoms. The minimum atomic E-state index is -2.99. The molecule has 0 radical (unpaired) electrons. The summed E-state index contributed by atoms with van der Waals surface area (Å²) in [5, 5.41) is 3.20. The molecule has 0 bridgehead atoms. The molecule has 126 valence electrons. The summed E-state index contributed by atoms with van der Waals surface area (Å²) in [6.45, 7) is 2.50. The van der Waals surface area contributed by atoms with Crippen molar-refractivity contribution in [3.63, 3.8) is 0 Å². The summed E-state index contributed by atoms with van der Waals surface area (Å²) in [4.78, 5) is 14.1. The molecule has 7 heteroatoms. The lowest BCUT2D eigenvalue weighted by Gasteiger charge is -2.27. The van der Waals surface area contributed by atoms with Crippen LogP contribution >= 0.6 is 0 Å². The molecule has 6 nitrogen and oxygen atoms in total. The lowest BCUT2D eigenvalue weighted by Crippen LogP contribution is -2.45. The standard InChI is InChI=1S/C16H22N2O4S/c1-11(16(19)18(2)14-6-8-23(20,21)10-14)17-13-3-4-15-12(9-13)5-7-22-15/h3-4,9,11,14,17H,5-8,10H2,1-2H3. The largest absolute Gasteiger partial charge is 0.493 e. The van der Waals surface area contributed by atoms with Crippen molar-refractivity contribution in [3.05, 3.63) is 23.8 Å². The van der Waals surface area contributed by atoms with Gasteiger partial charge in [-0.1, -0.05) is 0 Å². The fraction of sp³-hybridized carbons (Fsp3) is 0.562. The second-order valence-electron chi connectivity index (χ2n) is 6.29. The maximum absolute atomic E-state index is 12.5. The summed E-state index contributed by atoms with van der Waals surface area (Å²) in [5.41, 5.74) is 2.02. The third-order valence-electron chi connectivity index (χ3n) is 4.55. The highest BCUT2D eigenvalue weighted by molar-refractivity contribution is 7.91. The van der Waals surface area contributed by atoms with Crippen LogP contribution in [-0.4, -0.2) is 56.5 Å². The van der Waals surface area contributed by atoms with Crippen molar-refractivity contribution in [2.24, 2.45) is 0 Å². The molecule has 2 atom stereocenters. The Morgan fingerprint density at radius 3 is 2.91 bits per heavy atom. The van der Waals surface area contributed by atoms with E-state index in [1.165, 1.54) is 0 Å². The number of nitrogens with zero attached hydrogens (tertiary/aromatic N) is 1. The fourth-order valence-electron chi connectivity index (χ4n) is 3.15.